The van der Waals surface area contributed by atoms with Crippen LogP contribution in [0.5, 0.6) is 17.2 Å². The number of hydrogen-bond acceptors (Lipinski definition) is 8. The van der Waals surface area contributed by atoms with Crippen molar-refractivity contribution in [1.29, 1.82) is 0 Å². The van der Waals surface area contributed by atoms with Crippen LogP contribution in [0.4, 0.5) is 0 Å². The Balaban J connectivity index is 1.73. The van der Waals surface area contributed by atoms with Crippen molar-refractivity contribution in [3.05, 3.63) is 52.3 Å². The summed E-state index contributed by atoms with van der Waals surface area (Å²) in [5, 5.41) is 7.87. The van der Waals surface area contributed by atoms with Gasteiger partial charge in [0.15, 0.2) is 18.1 Å². The van der Waals surface area contributed by atoms with Gasteiger partial charge in [0, 0.05) is 10.0 Å². The van der Waals surface area contributed by atoms with E-state index in [0.717, 1.165) is 10.0 Å². The van der Waals surface area contributed by atoms with Crippen LogP contribution >= 0.6 is 15.9 Å². The van der Waals surface area contributed by atoms with Crippen LogP contribution in [0, 0.1) is 0 Å². The highest BCUT2D eigenvalue weighted by molar-refractivity contribution is 9.10. The summed E-state index contributed by atoms with van der Waals surface area (Å²) in [6, 6.07) is 10.5. The summed E-state index contributed by atoms with van der Waals surface area (Å²) in [5.74, 6) is 0.837. The molecule has 0 aliphatic heterocycles. The Morgan fingerprint density at radius 3 is 2.32 bits per heavy atom. The maximum absolute atomic E-state index is 12.5. The summed E-state index contributed by atoms with van der Waals surface area (Å²) in [6.45, 7) is -0.181. The van der Waals surface area contributed by atoms with Gasteiger partial charge in [0.2, 0.25) is 11.6 Å². The summed E-state index contributed by atoms with van der Waals surface area (Å²) in [6.07, 6.45) is 0. The number of ether oxygens (including phenoxy) is 4. The van der Waals surface area contributed by atoms with E-state index in [0.29, 0.717) is 17.4 Å². The average Bonchev–Trinajstić information content (AvgIpc) is 3.20. The van der Waals surface area contributed by atoms with Gasteiger partial charge in [-0.25, -0.2) is 4.79 Å². The Bertz CT molecular complexity index is 971. The molecule has 28 heavy (non-hydrogen) atoms. The summed E-state index contributed by atoms with van der Waals surface area (Å²) < 4.78 is 27.5. The first-order valence-corrected chi connectivity index (χ1v) is 8.91. The van der Waals surface area contributed by atoms with Gasteiger partial charge >= 0.3 is 5.97 Å². The van der Waals surface area contributed by atoms with Crippen LogP contribution in [0.1, 0.15) is 16.2 Å². The molecule has 0 bridgehead atoms. The molecule has 0 saturated carbocycles. The summed E-state index contributed by atoms with van der Waals surface area (Å²) in [5.41, 5.74) is 0.947. The molecule has 9 heteroatoms. The molecule has 0 radical (unpaired) electrons. The van der Waals surface area contributed by atoms with E-state index in [4.69, 9.17) is 23.4 Å². The second-order valence-electron chi connectivity index (χ2n) is 5.47. The monoisotopic (exact) mass is 448 g/mol. The molecule has 0 unspecified atom stereocenters. The number of carbonyl (C=O) groups excluding carboxylic acids is 1. The van der Waals surface area contributed by atoms with Crippen molar-refractivity contribution in [1.82, 2.24) is 10.2 Å². The number of rotatable bonds is 7. The molecule has 0 amide bonds. The standard InChI is InChI=1S/C19H17BrN2O6/c1-24-14-9-8-13(16(25-2)17(14)26-3)19(23)27-10-15-21-22-18(28-15)11-4-6-12(20)7-5-11/h4-9H,10H2,1-3H3. The van der Waals surface area contributed by atoms with Crippen LogP contribution in [0.3, 0.4) is 0 Å². The molecule has 0 aliphatic carbocycles. The molecule has 8 nitrogen and oxygen atoms in total. The lowest BCUT2D eigenvalue weighted by Gasteiger charge is -2.14. The maximum Gasteiger partial charge on any atom is 0.342 e. The second-order valence-corrected chi connectivity index (χ2v) is 6.38. The number of benzene rings is 2. The average molecular weight is 449 g/mol. The zero-order chi connectivity index (χ0) is 20.1. The quantitative estimate of drug-likeness (QED) is 0.502. The topological polar surface area (TPSA) is 92.9 Å². The summed E-state index contributed by atoms with van der Waals surface area (Å²) in [7, 11) is 4.38. The van der Waals surface area contributed by atoms with Crippen LogP contribution in [-0.4, -0.2) is 37.5 Å². The van der Waals surface area contributed by atoms with Gasteiger partial charge < -0.3 is 23.4 Å². The number of methoxy groups -OCH3 is 3. The van der Waals surface area contributed by atoms with Crippen LogP contribution in [0.2, 0.25) is 0 Å². The van der Waals surface area contributed by atoms with Gasteiger partial charge in [-0.3, -0.25) is 0 Å². The highest BCUT2D eigenvalue weighted by Gasteiger charge is 2.22. The van der Waals surface area contributed by atoms with Crippen molar-refractivity contribution in [3.63, 3.8) is 0 Å². The van der Waals surface area contributed by atoms with Gasteiger partial charge in [0.05, 0.1) is 21.3 Å². The number of carbonyl (C=O) groups is 1. The normalized spacial score (nSPS) is 10.4. The zero-order valence-electron chi connectivity index (χ0n) is 15.4. The Labute approximate surface area is 169 Å². The van der Waals surface area contributed by atoms with E-state index in [1.54, 1.807) is 6.07 Å². The lowest BCUT2D eigenvalue weighted by Crippen LogP contribution is -2.09. The summed E-state index contributed by atoms with van der Waals surface area (Å²) >= 11 is 3.37. The first kappa shape index (κ1) is 19.7. The summed E-state index contributed by atoms with van der Waals surface area (Å²) in [4.78, 5) is 12.5. The number of hydrogen-bond donors (Lipinski definition) is 0. The van der Waals surface area contributed by atoms with Gasteiger partial charge in [-0.1, -0.05) is 15.9 Å². The first-order valence-electron chi connectivity index (χ1n) is 8.11. The first-order chi connectivity index (χ1) is 13.6. The van der Waals surface area contributed by atoms with Gasteiger partial charge in [0.25, 0.3) is 5.89 Å². The molecule has 146 valence electrons. The van der Waals surface area contributed by atoms with Crippen molar-refractivity contribution in [3.8, 4) is 28.7 Å². The number of aromatic nitrogens is 2. The molecule has 0 aliphatic rings. The molecule has 3 aromatic rings. The van der Waals surface area contributed by atoms with E-state index in [2.05, 4.69) is 26.1 Å². The third kappa shape index (κ3) is 4.09. The van der Waals surface area contributed by atoms with Gasteiger partial charge in [-0.15, -0.1) is 10.2 Å². The lowest BCUT2D eigenvalue weighted by molar-refractivity contribution is 0.0434. The van der Waals surface area contributed by atoms with E-state index < -0.39 is 5.97 Å². The molecule has 3 rings (SSSR count). The van der Waals surface area contributed by atoms with E-state index in [1.165, 1.54) is 27.4 Å². The predicted molar refractivity (Wildman–Crippen MR) is 103 cm³/mol. The Hall–Kier alpha value is -3.07. The molecule has 0 spiro atoms. The van der Waals surface area contributed by atoms with E-state index >= 15 is 0 Å². The van der Waals surface area contributed by atoms with E-state index in [9.17, 15) is 4.79 Å². The van der Waals surface area contributed by atoms with Crippen molar-refractivity contribution < 1.29 is 28.2 Å². The zero-order valence-corrected chi connectivity index (χ0v) is 17.0. The van der Waals surface area contributed by atoms with Crippen molar-refractivity contribution in [2.45, 2.75) is 6.61 Å². The van der Waals surface area contributed by atoms with Crippen molar-refractivity contribution in [2.24, 2.45) is 0 Å². The molecular weight excluding hydrogens is 432 g/mol. The molecule has 0 saturated heterocycles. The highest BCUT2D eigenvalue weighted by Crippen LogP contribution is 2.40. The molecule has 1 aromatic heterocycles. The van der Waals surface area contributed by atoms with Crippen LogP contribution in [0.15, 0.2) is 45.3 Å². The number of esters is 1. The Kier molecular flexibility index (Phi) is 6.15. The lowest BCUT2D eigenvalue weighted by atomic mass is 10.1. The second kappa shape index (κ2) is 8.75. The molecular formula is C19H17BrN2O6. The predicted octanol–water partition coefficient (Wildman–Crippen LogP) is 3.88. The molecule has 0 N–H and O–H groups in total. The minimum atomic E-state index is -0.624. The largest absolute Gasteiger partial charge is 0.493 e. The third-order valence-corrected chi connectivity index (χ3v) is 4.34. The number of nitrogens with zero attached hydrogens (tertiary/aromatic N) is 2. The minimum Gasteiger partial charge on any atom is -0.493 e. The van der Waals surface area contributed by atoms with Crippen molar-refractivity contribution >= 4 is 21.9 Å². The Morgan fingerprint density at radius 1 is 0.964 bits per heavy atom. The van der Waals surface area contributed by atoms with Crippen LogP contribution in [0.25, 0.3) is 11.5 Å². The van der Waals surface area contributed by atoms with Gasteiger partial charge in [-0.2, -0.15) is 0 Å². The SMILES string of the molecule is COc1ccc(C(=O)OCc2nnc(-c3ccc(Br)cc3)o2)c(OC)c1OC. The number of halogens is 1. The molecule has 1 heterocycles. The highest BCUT2D eigenvalue weighted by atomic mass is 79.9. The third-order valence-electron chi connectivity index (χ3n) is 3.81. The molecule has 2 aromatic carbocycles. The smallest absolute Gasteiger partial charge is 0.342 e. The molecule has 0 fully saturated rings. The van der Waals surface area contributed by atoms with Crippen LogP contribution in [-0.2, 0) is 11.3 Å². The fourth-order valence-electron chi connectivity index (χ4n) is 2.49. The minimum absolute atomic E-state index is 0.172. The fourth-order valence-corrected chi connectivity index (χ4v) is 2.75. The maximum atomic E-state index is 12.5. The fraction of sp³-hybridized carbons (Fsp3) is 0.211. The van der Waals surface area contributed by atoms with E-state index in [1.807, 2.05) is 24.3 Å². The van der Waals surface area contributed by atoms with Gasteiger partial charge in [-0.05, 0) is 36.4 Å². The Morgan fingerprint density at radius 2 is 1.68 bits per heavy atom. The van der Waals surface area contributed by atoms with Gasteiger partial charge in [0.1, 0.15) is 5.56 Å². The van der Waals surface area contributed by atoms with Crippen LogP contribution < -0.4 is 14.2 Å². The van der Waals surface area contributed by atoms with E-state index in [-0.39, 0.29) is 23.8 Å². The molecule has 0 atom stereocenters. The van der Waals surface area contributed by atoms with Crippen molar-refractivity contribution in [2.75, 3.05) is 21.3 Å².